The molecule has 0 aliphatic carbocycles. The summed E-state index contributed by atoms with van der Waals surface area (Å²) < 4.78 is 0. The third-order valence-electron chi connectivity index (χ3n) is 4.17. The van der Waals surface area contributed by atoms with E-state index in [-0.39, 0.29) is 56.4 Å². The van der Waals surface area contributed by atoms with Gasteiger partial charge >= 0.3 is 26.2 Å². The first-order valence-electron chi connectivity index (χ1n) is 7.63. The van der Waals surface area contributed by atoms with Gasteiger partial charge in [-0.1, -0.05) is 69.2 Å². The smallest absolute Gasteiger partial charge is 1.00 e. The van der Waals surface area contributed by atoms with E-state index < -0.39 is 0 Å². The van der Waals surface area contributed by atoms with Gasteiger partial charge in [0, 0.05) is 0 Å². The van der Waals surface area contributed by atoms with Gasteiger partial charge in [0.2, 0.25) is 0 Å². The van der Waals surface area contributed by atoms with Crippen LogP contribution in [-0.2, 0) is 31.6 Å². The van der Waals surface area contributed by atoms with E-state index in [0.717, 1.165) is 0 Å². The average Bonchev–Trinajstić information content (AvgIpc) is 2.77. The summed E-state index contributed by atoms with van der Waals surface area (Å²) in [5.41, 5.74) is 6.90. The van der Waals surface area contributed by atoms with Crippen LogP contribution in [0.25, 0.3) is 21.9 Å². The summed E-state index contributed by atoms with van der Waals surface area (Å²) in [6.07, 6.45) is 0. The van der Waals surface area contributed by atoms with Gasteiger partial charge in [0.25, 0.3) is 0 Å². The monoisotopic (exact) mass is 435 g/mol. The molecule has 3 heteroatoms. The van der Waals surface area contributed by atoms with Crippen molar-refractivity contribution < 1.29 is 51.0 Å². The minimum Gasteiger partial charge on any atom is -1.00 e. The molecular formula is C21H23Cl2Zr. The largest absolute Gasteiger partial charge is 3.00 e. The van der Waals surface area contributed by atoms with E-state index in [1.54, 1.807) is 0 Å². The van der Waals surface area contributed by atoms with Gasteiger partial charge in [-0.3, -0.25) is 0 Å². The van der Waals surface area contributed by atoms with Crippen molar-refractivity contribution in [1.29, 1.82) is 0 Å². The Labute approximate surface area is 177 Å². The van der Waals surface area contributed by atoms with Gasteiger partial charge in [-0.25, -0.2) is 0 Å². The fourth-order valence-electron chi connectivity index (χ4n) is 3.01. The Morgan fingerprint density at radius 1 is 0.833 bits per heavy atom. The van der Waals surface area contributed by atoms with E-state index in [0.29, 0.717) is 0 Å². The van der Waals surface area contributed by atoms with Crippen LogP contribution in [0.1, 0.15) is 37.5 Å². The summed E-state index contributed by atoms with van der Waals surface area (Å²) in [6.45, 7) is 11.1. The molecule has 0 bridgehead atoms. The maximum atomic E-state index is 2.30. The second-order valence-electron chi connectivity index (χ2n) is 7.18. The fraction of sp³-hybridized carbons (Fsp3) is 0.286. The van der Waals surface area contributed by atoms with Gasteiger partial charge in [-0.2, -0.15) is 6.07 Å². The number of benzene rings is 2. The van der Waals surface area contributed by atoms with Crippen LogP contribution in [-0.4, -0.2) is 0 Å². The Hall–Kier alpha value is -0.487. The van der Waals surface area contributed by atoms with Crippen molar-refractivity contribution in [3.05, 3.63) is 65.2 Å². The number of hydrogen-bond acceptors (Lipinski definition) is 0. The van der Waals surface area contributed by atoms with Crippen molar-refractivity contribution >= 4 is 10.8 Å². The molecule has 125 valence electrons. The van der Waals surface area contributed by atoms with Crippen LogP contribution in [0.2, 0.25) is 0 Å². The summed E-state index contributed by atoms with van der Waals surface area (Å²) >= 11 is 0. The molecule has 0 heterocycles. The summed E-state index contributed by atoms with van der Waals surface area (Å²) in [7, 11) is 0. The number of fused-ring (bicyclic) bond motifs is 1. The van der Waals surface area contributed by atoms with Crippen LogP contribution >= 0.6 is 0 Å². The second kappa shape index (κ2) is 8.75. The molecule has 3 aromatic rings. The van der Waals surface area contributed by atoms with Crippen LogP contribution in [0.15, 0.2) is 48.5 Å². The number of rotatable bonds is 1. The number of aryl methyl sites for hydroxylation is 2. The summed E-state index contributed by atoms with van der Waals surface area (Å²) in [5, 5.41) is 2.71. The van der Waals surface area contributed by atoms with E-state index in [1.807, 2.05) is 0 Å². The summed E-state index contributed by atoms with van der Waals surface area (Å²) in [4.78, 5) is 0. The zero-order valence-corrected chi connectivity index (χ0v) is 18.8. The Kier molecular flexibility index (Phi) is 8.57. The topological polar surface area (TPSA) is 0 Å². The van der Waals surface area contributed by atoms with Crippen LogP contribution < -0.4 is 24.8 Å². The summed E-state index contributed by atoms with van der Waals surface area (Å²) in [6, 6.07) is 18.2. The molecule has 0 spiro atoms. The van der Waals surface area contributed by atoms with Crippen molar-refractivity contribution in [2.75, 3.05) is 0 Å². The molecule has 0 N–H and O–H groups in total. The molecule has 0 fully saturated rings. The quantitative estimate of drug-likeness (QED) is 0.476. The molecule has 3 rings (SSSR count). The van der Waals surface area contributed by atoms with Gasteiger partial charge in [-0.15, -0.1) is 28.5 Å². The maximum Gasteiger partial charge on any atom is 3.00 e. The van der Waals surface area contributed by atoms with Gasteiger partial charge in [0.15, 0.2) is 0 Å². The maximum absolute atomic E-state index is 2.30. The van der Waals surface area contributed by atoms with E-state index >= 15 is 0 Å². The number of halogens is 2. The molecule has 0 amide bonds. The van der Waals surface area contributed by atoms with Crippen molar-refractivity contribution in [3.8, 4) is 11.1 Å². The Morgan fingerprint density at radius 2 is 1.42 bits per heavy atom. The Balaban J connectivity index is 0.00000176. The molecule has 24 heavy (non-hydrogen) atoms. The third kappa shape index (κ3) is 4.78. The van der Waals surface area contributed by atoms with E-state index in [4.69, 9.17) is 0 Å². The van der Waals surface area contributed by atoms with Gasteiger partial charge in [0.1, 0.15) is 0 Å². The van der Waals surface area contributed by atoms with Crippen molar-refractivity contribution in [1.82, 2.24) is 0 Å². The first-order chi connectivity index (χ1) is 9.84. The Bertz CT molecular complexity index is 793. The minimum absolute atomic E-state index is 0. The zero-order chi connectivity index (χ0) is 15.2. The van der Waals surface area contributed by atoms with E-state index in [9.17, 15) is 0 Å². The molecule has 0 unspecified atom stereocenters. The van der Waals surface area contributed by atoms with Crippen molar-refractivity contribution in [2.45, 2.75) is 40.0 Å². The fourth-order valence-corrected chi connectivity index (χ4v) is 3.01. The van der Waals surface area contributed by atoms with Crippen molar-refractivity contribution in [3.63, 3.8) is 0 Å². The average molecular weight is 438 g/mol. The third-order valence-corrected chi connectivity index (χ3v) is 4.17. The van der Waals surface area contributed by atoms with Crippen LogP contribution in [0.4, 0.5) is 0 Å². The SMILES string of the molecule is Cc1cc(-c2ccc(C(C)(C)C)cc2)c2cc(C)[cH-]c2c1.[Cl-].[Cl-].[Zr+3]. The van der Waals surface area contributed by atoms with Gasteiger partial charge in [-0.05, 0) is 23.5 Å². The standard InChI is InChI=1S/C21H23.2ClH.Zr/c1-14-10-17-11-15(2)13-20(17)19(12-14)16-6-8-18(9-7-16)21(3,4)5;;;/h6-13H,1-5H3;2*1H;/q-1;;;+3/p-2. The molecule has 0 saturated carbocycles. The first-order valence-corrected chi connectivity index (χ1v) is 7.63. The van der Waals surface area contributed by atoms with Crippen molar-refractivity contribution in [2.24, 2.45) is 0 Å². The molecule has 0 aromatic heterocycles. The molecule has 0 atom stereocenters. The van der Waals surface area contributed by atoms with Crippen LogP contribution in [0.3, 0.4) is 0 Å². The molecular weight excluding hydrogens is 414 g/mol. The molecule has 0 aliphatic heterocycles. The predicted molar refractivity (Wildman–Crippen MR) is 93.2 cm³/mol. The molecule has 0 saturated heterocycles. The van der Waals surface area contributed by atoms with E-state index in [2.05, 4.69) is 83.1 Å². The minimum atomic E-state index is 0. The molecule has 1 radical (unpaired) electrons. The normalized spacial score (nSPS) is 10.5. The predicted octanol–water partition coefficient (Wildman–Crippen LogP) is 0.146. The van der Waals surface area contributed by atoms with Crippen LogP contribution in [0, 0.1) is 13.8 Å². The van der Waals surface area contributed by atoms with E-state index in [1.165, 1.54) is 38.6 Å². The molecule has 0 aliphatic rings. The van der Waals surface area contributed by atoms with Gasteiger partial charge < -0.3 is 24.8 Å². The second-order valence-corrected chi connectivity index (χ2v) is 7.18. The zero-order valence-electron chi connectivity index (χ0n) is 14.9. The first kappa shape index (κ1) is 23.5. The van der Waals surface area contributed by atoms with Gasteiger partial charge in [0.05, 0.1) is 0 Å². The molecule has 3 aromatic carbocycles. The molecule has 0 nitrogen and oxygen atoms in total. The number of hydrogen-bond donors (Lipinski definition) is 0. The Morgan fingerprint density at radius 3 is 1.96 bits per heavy atom. The van der Waals surface area contributed by atoms with Crippen LogP contribution in [0.5, 0.6) is 0 Å². The summed E-state index contributed by atoms with van der Waals surface area (Å²) in [5.74, 6) is 0.